The van der Waals surface area contributed by atoms with Crippen LogP contribution in [0.5, 0.6) is 0 Å². The third-order valence-electron chi connectivity index (χ3n) is 11.3. The van der Waals surface area contributed by atoms with Gasteiger partial charge in [0.1, 0.15) is 35.1 Å². The first-order valence-electron chi connectivity index (χ1n) is 19.9. The zero-order chi connectivity index (χ0) is 41.2. The number of nitrogens with zero attached hydrogens (tertiary/aromatic N) is 4. The van der Waals surface area contributed by atoms with E-state index in [0.717, 1.165) is 76.1 Å². The van der Waals surface area contributed by atoms with Crippen molar-refractivity contribution in [2.45, 2.75) is 84.5 Å². The Hall–Kier alpha value is -6.12. The predicted molar refractivity (Wildman–Crippen MR) is 217 cm³/mol. The van der Waals surface area contributed by atoms with Crippen LogP contribution in [0.3, 0.4) is 0 Å². The molecule has 0 aliphatic carbocycles. The molecule has 0 radical (unpaired) electrons. The number of methoxy groups -OCH3 is 2. The molecule has 7 rings (SSSR count). The monoisotopic (exact) mass is 792 g/mol. The average Bonchev–Trinajstić information content (AvgIpc) is 4.06. The van der Waals surface area contributed by atoms with Gasteiger partial charge >= 0.3 is 12.2 Å². The first-order valence-corrected chi connectivity index (χ1v) is 19.9. The number of ether oxygens (including phenoxy) is 2. The molecule has 2 aliphatic heterocycles. The van der Waals surface area contributed by atoms with Gasteiger partial charge in [-0.2, -0.15) is 0 Å². The van der Waals surface area contributed by atoms with Gasteiger partial charge in [-0.25, -0.2) is 19.6 Å². The van der Waals surface area contributed by atoms with Crippen LogP contribution in [0.4, 0.5) is 9.59 Å². The first kappa shape index (κ1) is 40.1. The zero-order valence-electron chi connectivity index (χ0n) is 34.0. The average molecular weight is 793 g/mol. The zero-order valence-corrected chi connectivity index (χ0v) is 34.0. The number of hydrogen-bond acceptors (Lipinski definition) is 9. The number of rotatable bonds is 11. The maximum atomic E-state index is 13.6. The fourth-order valence-electron chi connectivity index (χ4n) is 8.14. The van der Waals surface area contributed by atoms with Crippen LogP contribution in [0, 0.1) is 18.8 Å². The Morgan fingerprint density at radius 1 is 0.810 bits per heavy atom. The largest absolute Gasteiger partial charge is 0.456 e. The number of carbonyl (C=O) groups excluding carboxylic acids is 4. The standard InChI is InChI=1S/C43H52N8O7/c1-23(2)36(48-42(54)56-6)40(52)50-16-8-10-32(50)38-44-21-30(46-38)26-12-14-29(25(5)18-26)35-20-28-19-27(13-15-34(28)58-35)31-22-45-39(47-31)33-11-9-17-51(33)41(53)37(24(3)4)49-43(55)57-7/h12-15,18-24,32-33,36-37H,8-11,16-17H2,1-7H3,(H,44,46)(H,45,47)(H,48,54)(H,49,55)/t32-,33-,36-,37-/m0/s1. The van der Waals surface area contributed by atoms with Crippen molar-refractivity contribution in [1.29, 1.82) is 0 Å². The number of likely N-dealkylation sites (tertiary alicyclic amines) is 2. The van der Waals surface area contributed by atoms with E-state index in [2.05, 4.69) is 32.7 Å². The molecule has 58 heavy (non-hydrogen) atoms. The van der Waals surface area contributed by atoms with Gasteiger partial charge in [0.15, 0.2) is 0 Å². The van der Waals surface area contributed by atoms with Crippen molar-refractivity contribution in [3.05, 3.63) is 72.1 Å². The summed E-state index contributed by atoms with van der Waals surface area (Å²) in [4.78, 5) is 71.2. The molecular formula is C43H52N8O7. The number of aromatic nitrogens is 4. The van der Waals surface area contributed by atoms with Gasteiger partial charge in [0.25, 0.3) is 0 Å². The summed E-state index contributed by atoms with van der Waals surface area (Å²) in [5, 5.41) is 6.33. The lowest BCUT2D eigenvalue weighted by Gasteiger charge is -2.30. The van der Waals surface area contributed by atoms with E-state index in [1.54, 1.807) is 16.0 Å². The molecule has 2 aliphatic rings. The quantitative estimate of drug-likeness (QED) is 0.107. The van der Waals surface area contributed by atoms with Crippen LogP contribution >= 0.6 is 0 Å². The van der Waals surface area contributed by atoms with E-state index < -0.39 is 24.3 Å². The maximum absolute atomic E-state index is 13.6. The number of aryl methyl sites for hydroxylation is 1. The second kappa shape index (κ2) is 16.8. The first-order chi connectivity index (χ1) is 27.9. The van der Waals surface area contributed by atoms with E-state index in [4.69, 9.17) is 23.9 Å². The molecule has 0 bridgehead atoms. The summed E-state index contributed by atoms with van der Waals surface area (Å²) in [5.41, 5.74) is 6.19. The van der Waals surface area contributed by atoms with Gasteiger partial charge in [0.2, 0.25) is 11.8 Å². The summed E-state index contributed by atoms with van der Waals surface area (Å²) >= 11 is 0. The Morgan fingerprint density at radius 3 is 2.00 bits per heavy atom. The van der Waals surface area contributed by atoms with E-state index in [-0.39, 0.29) is 35.7 Å². The van der Waals surface area contributed by atoms with E-state index in [9.17, 15) is 19.2 Å². The van der Waals surface area contributed by atoms with Crippen molar-refractivity contribution in [1.82, 2.24) is 40.4 Å². The summed E-state index contributed by atoms with van der Waals surface area (Å²) < 4.78 is 15.9. The maximum Gasteiger partial charge on any atom is 0.407 e. The van der Waals surface area contributed by atoms with Crippen LogP contribution in [0.15, 0.2) is 59.3 Å². The number of hydrogen-bond donors (Lipinski definition) is 4. The van der Waals surface area contributed by atoms with Crippen molar-refractivity contribution >= 4 is 35.0 Å². The smallest absolute Gasteiger partial charge is 0.407 e. The van der Waals surface area contributed by atoms with Crippen LogP contribution in [0.1, 0.15) is 82.7 Å². The Kier molecular flexibility index (Phi) is 11.6. The highest BCUT2D eigenvalue weighted by Gasteiger charge is 2.39. The number of H-pyrrole nitrogens is 2. The number of alkyl carbamates (subject to hydrolysis) is 2. The Bertz CT molecular complexity index is 2310. The minimum atomic E-state index is -0.701. The molecular weight excluding hydrogens is 741 g/mol. The van der Waals surface area contributed by atoms with Gasteiger partial charge in [-0.3, -0.25) is 9.59 Å². The fraction of sp³-hybridized carbons (Fsp3) is 0.442. The molecule has 4 atom stereocenters. The molecule has 5 heterocycles. The molecule has 4 N–H and O–H groups in total. The van der Waals surface area contributed by atoms with Gasteiger partial charge < -0.3 is 44.3 Å². The lowest BCUT2D eigenvalue weighted by Crippen LogP contribution is -2.51. The lowest BCUT2D eigenvalue weighted by molar-refractivity contribution is -0.136. The minimum Gasteiger partial charge on any atom is -0.456 e. The molecule has 15 nitrogen and oxygen atoms in total. The molecule has 0 unspecified atom stereocenters. The van der Waals surface area contributed by atoms with Gasteiger partial charge in [-0.05, 0) is 80.3 Å². The van der Waals surface area contributed by atoms with Gasteiger partial charge in [0, 0.05) is 41.4 Å². The molecule has 2 aromatic carbocycles. The summed E-state index contributed by atoms with van der Waals surface area (Å²) in [6.45, 7) is 10.8. The molecule has 0 spiro atoms. The summed E-state index contributed by atoms with van der Waals surface area (Å²) in [6.07, 6.45) is 5.61. The van der Waals surface area contributed by atoms with Gasteiger partial charge in [-0.1, -0.05) is 39.8 Å². The molecule has 0 saturated carbocycles. The number of furan rings is 1. The van der Waals surface area contributed by atoms with Crippen LogP contribution in [0.25, 0.3) is 44.8 Å². The number of amides is 4. The SMILES string of the molecule is COC(=O)N[C@H](C(=O)N1CCC[C@H]1c1nc(-c2ccc(-c3cc4cc(-c5cnc([C@@H]6CCCN6C(=O)[C@@H](NC(=O)OC)C(C)C)[nH]5)ccc4o3)c(C)c2)c[nH]1)C(C)C. The molecule has 2 fully saturated rings. The van der Waals surface area contributed by atoms with E-state index in [0.29, 0.717) is 24.7 Å². The summed E-state index contributed by atoms with van der Waals surface area (Å²) in [7, 11) is 2.57. The number of carbonyl (C=O) groups is 4. The van der Waals surface area contributed by atoms with Gasteiger partial charge in [0.05, 0.1) is 43.9 Å². The number of aromatic amines is 2. The topological polar surface area (TPSA) is 188 Å². The highest BCUT2D eigenvalue weighted by molar-refractivity contribution is 5.89. The van der Waals surface area contributed by atoms with Crippen LogP contribution in [-0.4, -0.2) is 93.1 Å². The van der Waals surface area contributed by atoms with Crippen molar-refractivity contribution in [2.75, 3.05) is 27.3 Å². The molecule has 3 aromatic heterocycles. The van der Waals surface area contributed by atoms with E-state index >= 15 is 0 Å². The van der Waals surface area contributed by atoms with Gasteiger partial charge in [-0.15, -0.1) is 0 Å². The van der Waals surface area contributed by atoms with Crippen molar-refractivity contribution in [3.8, 4) is 33.8 Å². The molecule has 4 amide bonds. The number of imidazole rings is 2. The number of nitrogens with one attached hydrogen (secondary N) is 4. The molecule has 2 saturated heterocycles. The van der Waals surface area contributed by atoms with E-state index in [1.165, 1.54) is 14.2 Å². The van der Waals surface area contributed by atoms with Crippen molar-refractivity contribution in [3.63, 3.8) is 0 Å². The fourth-order valence-corrected chi connectivity index (χ4v) is 8.14. The van der Waals surface area contributed by atoms with Crippen molar-refractivity contribution < 1.29 is 33.1 Å². The van der Waals surface area contributed by atoms with Crippen LogP contribution in [0.2, 0.25) is 0 Å². The Balaban J connectivity index is 1.06. The van der Waals surface area contributed by atoms with Crippen LogP contribution < -0.4 is 10.6 Å². The Labute approximate surface area is 337 Å². The van der Waals surface area contributed by atoms with Crippen molar-refractivity contribution in [2.24, 2.45) is 11.8 Å². The second-order valence-electron chi connectivity index (χ2n) is 15.8. The second-order valence-corrected chi connectivity index (χ2v) is 15.8. The molecule has 15 heteroatoms. The van der Waals surface area contributed by atoms with E-state index in [1.807, 2.05) is 71.1 Å². The highest BCUT2D eigenvalue weighted by Crippen LogP contribution is 2.37. The van der Waals surface area contributed by atoms with Crippen LogP contribution in [-0.2, 0) is 19.1 Å². The third-order valence-corrected chi connectivity index (χ3v) is 11.3. The highest BCUT2D eigenvalue weighted by atomic mass is 16.5. The molecule has 5 aromatic rings. The lowest BCUT2D eigenvalue weighted by atomic mass is 10.0. The number of fused-ring (bicyclic) bond motifs is 1. The summed E-state index contributed by atoms with van der Waals surface area (Å²) in [5.74, 6) is 1.63. The minimum absolute atomic E-state index is 0.114. The normalized spacial score (nSPS) is 17.9. The molecule has 306 valence electrons. The third kappa shape index (κ3) is 8.02. The predicted octanol–water partition coefficient (Wildman–Crippen LogP) is 7.28. The summed E-state index contributed by atoms with van der Waals surface area (Å²) in [6, 6.07) is 12.3. The number of benzene rings is 2. The Morgan fingerprint density at radius 2 is 1.41 bits per heavy atom.